The molecule has 1 aliphatic heterocycles. The first-order valence-electron chi connectivity index (χ1n) is 8.78. The Kier molecular flexibility index (Phi) is 3.74. The van der Waals surface area contributed by atoms with Crippen molar-refractivity contribution in [2.75, 3.05) is 18.0 Å². The molecule has 1 N–H and O–H groups in total. The second kappa shape index (κ2) is 5.82. The van der Waals surface area contributed by atoms with Crippen LogP contribution in [-0.2, 0) is 4.79 Å². The number of nitrogens with zero attached hydrogens (tertiary/aromatic N) is 4. The Morgan fingerprint density at radius 3 is 3.00 bits per heavy atom. The molecule has 7 nitrogen and oxygen atoms in total. The van der Waals surface area contributed by atoms with Gasteiger partial charge < -0.3 is 14.5 Å². The number of aromatic nitrogens is 3. The van der Waals surface area contributed by atoms with Crippen LogP contribution < -0.4 is 4.90 Å². The van der Waals surface area contributed by atoms with Gasteiger partial charge in [0.05, 0.1) is 5.41 Å². The van der Waals surface area contributed by atoms with Crippen molar-refractivity contribution < 1.29 is 14.4 Å². The Bertz CT molecular complexity index is 803. The van der Waals surface area contributed by atoms with Gasteiger partial charge >= 0.3 is 5.97 Å². The SMILES string of the molecule is CC(C)c1noc(-c2ccnc(N3C[C@@H]4CCC[C@@]4(C(=O)O)C3)c2)n1. The number of aliphatic carboxylic acids is 1. The van der Waals surface area contributed by atoms with E-state index in [0.717, 1.165) is 37.2 Å². The van der Waals surface area contributed by atoms with E-state index >= 15 is 0 Å². The van der Waals surface area contributed by atoms with E-state index in [9.17, 15) is 9.90 Å². The summed E-state index contributed by atoms with van der Waals surface area (Å²) in [6.45, 7) is 5.29. The predicted molar refractivity (Wildman–Crippen MR) is 91.2 cm³/mol. The van der Waals surface area contributed by atoms with Crippen molar-refractivity contribution in [3.05, 3.63) is 24.2 Å². The van der Waals surface area contributed by atoms with Gasteiger partial charge in [-0.2, -0.15) is 4.98 Å². The first-order valence-corrected chi connectivity index (χ1v) is 8.78. The van der Waals surface area contributed by atoms with E-state index in [4.69, 9.17) is 4.52 Å². The fourth-order valence-electron chi connectivity index (χ4n) is 4.12. The number of carboxylic acid groups (broad SMARTS) is 1. The second-order valence-corrected chi connectivity index (χ2v) is 7.45. The summed E-state index contributed by atoms with van der Waals surface area (Å²) in [6.07, 6.45) is 4.44. The highest BCUT2D eigenvalue weighted by atomic mass is 16.5. The molecule has 1 saturated carbocycles. The Hall–Kier alpha value is -2.44. The molecule has 4 rings (SSSR count). The van der Waals surface area contributed by atoms with Crippen LogP contribution in [0.1, 0.15) is 44.9 Å². The van der Waals surface area contributed by atoms with Crippen LogP contribution in [0, 0.1) is 11.3 Å². The molecule has 2 aromatic heterocycles. The van der Waals surface area contributed by atoms with E-state index in [1.165, 1.54) is 0 Å². The van der Waals surface area contributed by atoms with Gasteiger partial charge in [0.25, 0.3) is 5.89 Å². The number of hydrogen-bond donors (Lipinski definition) is 1. The maximum Gasteiger partial charge on any atom is 0.311 e. The molecule has 2 fully saturated rings. The summed E-state index contributed by atoms with van der Waals surface area (Å²) in [6, 6.07) is 3.75. The Morgan fingerprint density at radius 1 is 1.48 bits per heavy atom. The molecule has 0 unspecified atom stereocenters. The maximum atomic E-state index is 11.9. The smallest absolute Gasteiger partial charge is 0.311 e. The van der Waals surface area contributed by atoms with Gasteiger partial charge in [-0.3, -0.25) is 4.79 Å². The molecule has 2 atom stereocenters. The molecule has 1 saturated heterocycles. The topological polar surface area (TPSA) is 92.4 Å². The molecule has 0 bridgehead atoms. The predicted octanol–water partition coefficient (Wildman–Crippen LogP) is 2.95. The van der Waals surface area contributed by atoms with E-state index in [2.05, 4.69) is 20.0 Å². The van der Waals surface area contributed by atoms with Crippen molar-refractivity contribution in [2.24, 2.45) is 11.3 Å². The molecule has 0 amide bonds. The fraction of sp³-hybridized carbons (Fsp3) is 0.556. The standard InChI is InChI=1S/C18H22N4O3/c1-11(2)15-20-16(25-21-15)12-5-7-19-14(8-12)22-9-13-4-3-6-18(13,10-22)17(23)24/h5,7-8,11,13H,3-4,6,9-10H2,1-2H3,(H,23,24)/t13-,18+/m0/s1. The molecule has 7 heteroatoms. The molecule has 3 heterocycles. The van der Waals surface area contributed by atoms with Crippen molar-refractivity contribution in [2.45, 2.75) is 39.0 Å². The largest absolute Gasteiger partial charge is 0.481 e. The highest BCUT2D eigenvalue weighted by Crippen LogP contribution is 2.49. The molecule has 0 spiro atoms. The van der Waals surface area contributed by atoms with Crippen molar-refractivity contribution in [1.82, 2.24) is 15.1 Å². The average Bonchev–Trinajstić information content (AvgIpc) is 3.29. The number of rotatable bonds is 4. The summed E-state index contributed by atoms with van der Waals surface area (Å²) in [4.78, 5) is 22.8. The lowest BCUT2D eigenvalue weighted by Crippen LogP contribution is -2.35. The van der Waals surface area contributed by atoms with E-state index in [1.54, 1.807) is 6.20 Å². The minimum absolute atomic E-state index is 0.200. The van der Waals surface area contributed by atoms with Crippen molar-refractivity contribution in [3.8, 4) is 11.5 Å². The minimum Gasteiger partial charge on any atom is -0.481 e. The van der Waals surface area contributed by atoms with Gasteiger partial charge in [-0.15, -0.1) is 0 Å². The van der Waals surface area contributed by atoms with E-state index in [0.29, 0.717) is 18.3 Å². The summed E-state index contributed by atoms with van der Waals surface area (Å²) < 4.78 is 5.36. The Balaban J connectivity index is 1.61. The third-order valence-electron chi connectivity index (χ3n) is 5.57. The number of fused-ring (bicyclic) bond motifs is 1. The second-order valence-electron chi connectivity index (χ2n) is 7.45. The van der Waals surface area contributed by atoms with Crippen LogP contribution in [0.2, 0.25) is 0 Å². The number of carboxylic acids is 1. The zero-order chi connectivity index (χ0) is 17.6. The van der Waals surface area contributed by atoms with Crippen LogP contribution in [-0.4, -0.2) is 39.3 Å². The van der Waals surface area contributed by atoms with Gasteiger partial charge in [-0.05, 0) is 30.9 Å². The van der Waals surface area contributed by atoms with Crippen LogP contribution in [0.5, 0.6) is 0 Å². The quantitative estimate of drug-likeness (QED) is 0.913. The lowest BCUT2D eigenvalue weighted by Gasteiger charge is -2.23. The molecule has 2 aromatic rings. The lowest BCUT2D eigenvalue weighted by molar-refractivity contribution is -0.149. The highest BCUT2D eigenvalue weighted by molar-refractivity contribution is 5.78. The molecular formula is C18H22N4O3. The Morgan fingerprint density at radius 2 is 2.32 bits per heavy atom. The summed E-state index contributed by atoms with van der Waals surface area (Å²) in [5.41, 5.74) is 0.193. The lowest BCUT2D eigenvalue weighted by atomic mass is 9.81. The zero-order valence-corrected chi connectivity index (χ0v) is 14.5. The first kappa shape index (κ1) is 16.1. The minimum atomic E-state index is -0.674. The molecule has 2 aliphatic rings. The molecule has 0 aromatic carbocycles. The van der Waals surface area contributed by atoms with Crippen molar-refractivity contribution in [3.63, 3.8) is 0 Å². The van der Waals surface area contributed by atoms with E-state index < -0.39 is 11.4 Å². The molecular weight excluding hydrogens is 320 g/mol. The monoisotopic (exact) mass is 342 g/mol. The third-order valence-corrected chi connectivity index (χ3v) is 5.57. The van der Waals surface area contributed by atoms with Crippen molar-refractivity contribution in [1.29, 1.82) is 0 Å². The van der Waals surface area contributed by atoms with Crippen LogP contribution in [0.4, 0.5) is 5.82 Å². The molecule has 1 aliphatic carbocycles. The maximum absolute atomic E-state index is 11.9. The van der Waals surface area contributed by atoms with Gasteiger partial charge in [0.2, 0.25) is 0 Å². The number of pyridine rings is 1. The molecule has 132 valence electrons. The normalized spacial score (nSPS) is 25.6. The van der Waals surface area contributed by atoms with Crippen LogP contribution in [0.15, 0.2) is 22.9 Å². The van der Waals surface area contributed by atoms with Gasteiger partial charge in [0, 0.05) is 30.8 Å². The van der Waals surface area contributed by atoms with Gasteiger partial charge in [0.15, 0.2) is 5.82 Å². The molecule has 25 heavy (non-hydrogen) atoms. The zero-order valence-electron chi connectivity index (χ0n) is 14.5. The Labute approximate surface area is 146 Å². The van der Waals surface area contributed by atoms with E-state index in [1.807, 2.05) is 26.0 Å². The highest BCUT2D eigenvalue weighted by Gasteiger charge is 2.55. The van der Waals surface area contributed by atoms with Crippen molar-refractivity contribution >= 4 is 11.8 Å². The van der Waals surface area contributed by atoms with Crippen LogP contribution in [0.3, 0.4) is 0 Å². The van der Waals surface area contributed by atoms with Gasteiger partial charge in [-0.1, -0.05) is 25.4 Å². The number of carbonyl (C=O) groups is 1. The van der Waals surface area contributed by atoms with E-state index in [-0.39, 0.29) is 11.8 Å². The summed E-state index contributed by atoms with van der Waals surface area (Å²) in [5.74, 6) is 1.65. The fourth-order valence-corrected chi connectivity index (χ4v) is 4.12. The first-order chi connectivity index (χ1) is 12.0. The van der Waals surface area contributed by atoms with Gasteiger partial charge in [0.1, 0.15) is 5.82 Å². The average molecular weight is 342 g/mol. The summed E-state index contributed by atoms with van der Waals surface area (Å²) in [5, 5.41) is 13.7. The van der Waals surface area contributed by atoms with Crippen LogP contribution in [0.25, 0.3) is 11.5 Å². The summed E-state index contributed by atoms with van der Waals surface area (Å²) in [7, 11) is 0. The van der Waals surface area contributed by atoms with Crippen LogP contribution >= 0.6 is 0 Å². The molecule has 0 radical (unpaired) electrons. The number of anilines is 1. The summed E-state index contributed by atoms with van der Waals surface area (Å²) >= 11 is 0. The van der Waals surface area contributed by atoms with Gasteiger partial charge in [-0.25, -0.2) is 4.98 Å². The third kappa shape index (κ3) is 2.58. The number of hydrogen-bond acceptors (Lipinski definition) is 6.